The molecule has 1 N–H and O–H groups in total. The fraction of sp³-hybridized carbons (Fsp3) is 0.208. The number of rotatable bonds is 4. The Morgan fingerprint density at radius 2 is 1.69 bits per heavy atom. The quantitative estimate of drug-likeness (QED) is 0.493. The summed E-state index contributed by atoms with van der Waals surface area (Å²) in [4.78, 5) is 11.9. The van der Waals surface area contributed by atoms with E-state index < -0.39 is 5.63 Å². The van der Waals surface area contributed by atoms with Gasteiger partial charge in [-0.25, -0.2) is 4.79 Å². The SMILES string of the molecule is Cc1ccc(COc2ccc3oc(-c4oc(=O)c(C)c(O)c4C)cc3c2)cc1C. The predicted octanol–water partition coefficient (Wildman–Crippen LogP) is 5.57. The topological polar surface area (TPSA) is 72.8 Å². The van der Waals surface area contributed by atoms with Crippen LogP contribution in [0, 0.1) is 27.7 Å². The highest BCUT2D eigenvalue weighted by Gasteiger charge is 2.18. The Hall–Kier alpha value is -3.47. The normalized spacial score (nSPS) is 11.2. The molecule has 5 heteroatoms. The van der Waals surface area contributed by atoms with Gasteiger partial charge in [-0.05, 0) is 68.7 Å². The first-order chi connectivity index (χ1) is 13.8. The van der Waals surface area contributed by atoms with Crippen LogP contribution in [0.2, 0.25) is 0 Å². The average molecular weight is 390 g/mol. The van der Waals surface area contributed by atoms with Crippen LogP contribution in [0.15, 0.2) is 56.1 Å². The first-order valence-corrected chi connectivity index (χ1v) is 9.39. The molecule has 29 heavy (non-hydrogen) atoms. The molecule has 0 amide bonds. The lowest BCUT2D eigenvalue weighted by atomic mass is 10.1. The van der Waals surface area contributed by atoms with Gasteiger partial charge in [0.15, 0.2) is 11.5 Å². The van der Waals surface area contributed by atoms with Crippen LogP contribution in [-0.4, -0.2) is 5.11 Å². The molecule has 0 atom stereocenters. The lowest BCUT2D eigenvalue weighted by Crippen LogP contribution is -2.05. The highest BCUT2D eigenvalue weighted by atomic mass is 16.5. The summed E-state index contributed by atoms with van der Waals surface area (Å²) in [5.41, 5.74) is 4.30. The molecular weight excluding hydrogens is 368 g/mol. The molecule has 0 saturated heterocycles. The van der Waals surface area contributed by atoms with Gasteiger partial charge in [0.25, 0.3) is 0 Å². The van der Waals surface area contributed by atoms with Crippen molar-refractivity contribution in [3.63, 3.8) is 0 Å². The van der Waals surface area contributed by atoms with E-state index in [9.17, 15) is 9.90 Å². The number of furan rings is 1. The van der Waals surface area contributed by atoms with Crippen molar-refractivity contribution in [2.45, 2.75) is 34.3 Å². The number of hydrogen-bond acceptors (Lipinski definition) is 5. The minimum atomic E-state index is -0.582. The second-order valence-corrected chi connectivity index (χ2v) is 7.33. The van der Waals surface area contributed by atoms with Gasteiger partial charge >= 0.3 is 5.63 Å². The van der Waals surface area contributed by atoms with Gasteiger partial charge in [0.1, 0.15) is 23.7 Å². The highest BCUT2D eigenvalue weighted by Crippen LogP contribution is 2.34. The Balaban J connectivity index is 1.63. The minimum absolute atomic E-state index is 0.0749. The van der Waals surface area contributed by atoms with Crippen LogP contribution in [0.3, 0.4) is 0 Å². The smallest absolute Gasteiger partial charge is 0.343 e. The molecule has 0 spiro atoms. The Bertz CT molecular complexity index is 1280. The third-order valence-corrected chi connectivity index (χ3v) is 5.24. The number of aryl methyl sites for hydroxylation is 2. The van der Waals surface area contributed by atoms with E-state index >= 15 is 0 Å². The second kappa shape index (κ2) is 7.17. The number of benzene rings is 2. The van der Waals surface area contributed by atoms with Crippen LogP contribution in [0.5, 0.6) is 11.5 Å². The second-order valence-electron chi connectivity index (χ2n) is 7.33. The molecule has 4 aromatic rings. The lowest BCUT2D eigenvalue weighted by Gasteiger charge is -2.08. The molecule has 4 rings (SSSR count). The van der Waals surface area contributed by atoms with Gasteiger partial charge in [-0.1, -0.05) is 18.2 Å². The summed E-state index contributed by atoms with van der Waals surface area (Å²) >= 11 is 0. The van der Waals surface area contributed by atoms with E-state index in [1.54, 1.807) is 13.0 Å². The molecule has 0 unspecified atom stereocenters. The van der Waals surface area contributed by atoms with Gasteiger partial charge in [0.2, 0.25) is 0 Å². The van der Waals surface area contributed by atoms with Gasteiger partial charge in [-0.3, -0.25) is 0 Å². The predicted molar refractivity (Wildman–Crippen MR) is 112 cm³/mol. The standard InChI is InChI=1S/C24H22O5/c1-13-5-6-17(9-14(13)2)12-27-19-7-8-20-18(10-19)11-21(28-20)23-15(3)22(25)16(4)24(26)29-23/h5-11,25H,12H2,1-4H3. The zero-order valence-corrected chi connectivity index (χ0v) is 16.8. The van der Waals surface area contributed by atoms with Crippen molar-refractivity contribution in [1.82, 2.24) is 0 Å². The fourth-order valence-corrected chi connectivity index (χ4v) is 3.25. The summed E-state index contributed by atoms with van der Waals surface area (Å²) in [6.07, 6.45) is 0. The fourth-order valence-electron chi connectivity index (χ4n) is 3.25. The number of aromatic hydroxyl groups is 1. The molecular formula is C24H22O5. The largest absolute Gasteiger partial charge is 0.507 e. The molecule has 2 heterocycles. The van der Waals surface area contributed by atoms with Crippen LogP contribution >= 0.6 is 0 Å². The van der Waals surface area contributed by atoms with Crippen LogP contribution in [0.25, 0.3) is 22.5 Å². The van der Waals surface area contributed by atoms with Crippen molar-refractivity contribution in [1.29, 1.82) is 0 Å². The van der Waals surface area contributed by atoms with Gasteiger partial charge < -0.3 is 18.7 Å². The van der Waals surface area contributed by atoms with Crippen molar-refractivity contribution < 1.29 is 18.7 Å². The monoisotopic (exact) mass is 390 g/mol. The molecule has 0 aliphatic heterocycles. The third-order valence-electron chi connectivity index (χ3n) is 5.24. The summed E-state index contributed by atoms with van der Waals surface area (Å²) in [6, 6.07) is 13.6. The average Bonchev–Trinajstić information content (AvgIpc) is 3.13. The molecule has 2 aromatic heterocycles. The van der Waals surface area contributed by atoms with E-state index in [1.165, 1.54) is 18.1 Å². The lowest BCUT2D eigenvalue weighted by molar-refractivity contribution is 0.306. The van der Waals surface area contributed by atoms with E-state index in [1.807, 2.05) is 18.2 Å². The molecule has 148 valence electrons. The van der Waals surface area contributed by atoms with Crippen LogP contribution in [0.1, 0.15) is 27.8 Å². The van der Waals surface area contributed by atoms with Crippen LogP contribution < -0.4 is 10.4 Å². The van der Waals surface area contributed by atoms with Crippen molar-refractivity contribution in [2.24, 2.45) is 0 Å². The van der Waals surface area contributed by atoms with Gasteiger partial charge in [0, 0.05) is 10.9 Å². The van der Waals surface area contributed by atoms with E-state index in [0.29, 0.717) is 29.3 Å². The van der Waals surface area contributed by atoms with Crippen LogP contribution in [-0.2, 0) is 6.61 Å². The summed E-state index contributed by atoms with van der Waals surface area (Å²) in [5, 5.41) is 11.0. The Morgan fingerprint density at radius 3 is 2.45 bits per heavy atom. The van der Waals surface area contributed by atoms with Crippen LogP contribution in [0.4, 0.5) is 0 Å². The molecule has 0 saturated carbocycles. The molecule has 0 fully saturated rings. The Morgan fingerprint density at radius 1 is 0.897 bits per heavy atom. The van der Waals surface area contributed by atoms with Crippen molar-refractivity contribution in [2.75, 3.05) is 0 Å². The van der Waals surface area contributed by atoms with Crippen molar-refractivity contribution in [3.8, 4) is 23.0 Å². The summed E-state index contributed by atoms with van der Waals surface area (Å²) in [5.74, 6) is 1.25. The molecule has 0 bridgehead atoms. The summed E-state index contributed by atoms with van der Waals surface area (Å²) in [6.45, 7) is 7.85. The van der Waals surface area contributed by atoms with Gasteiger partial charge in [-0.2, -0.15) is 0 Å². The van der Waals surface area contributed by atoms with E-state index in [0.717, 1.165) is 10.9 Å². The number of fused-ring (bicyclic) bond motifs is 1. The third kappa shape index (κ3) is 3.51. The van der Waals surface area contributed by atoms with Gasteiger partial charge in [-0.15, -0.1) is 0 Å². The number of ether oxygens (including phenoxy) is 1. The molecule has 5 nitrogen and oxygen atoms in total. The molecule has 0 radical (unpaired) electrons. The maximum absolute atomic E-state index is 11.9. The zero-order chi connectivity index (χ0) is 20.7. The molecule has 0 aliphatic carbocycles. The summed E-state index contributed by atoms with van der Waals surface area (Å²) < 4.78 is 17.1. The Kier molecular flexibility index (Phi) is 4.66. The minimum Gasteiger partial charge on any atom is -0.507 e. The van der Waals surface area contributed by atoms with Crippen molar-refractivity contribution in [3.05, 3.63) is 80.7 Å². The zero-order valence-electron chi connectivity index (χ0n) is 16.8. The number of hydrogen-bond donors (Lipinski definition) is 1. The van der Waals surface area contributed by atoms with E-state index in [2.05, 4.69) is 32.0 Å². The maximum atomic E-state index is 11.9. The first-order valence-electron chi connectivity index (χ1n) is 9.39. The van der Waals surface area contributed by atoms with E-state index in [4.69, 9.17) is 13.6 Å². The van der Waals surface area contributed by atoms with Crippen molar-refractivity contribution >= 4 is 11.0 Å². The highest BCUT2D eigenvalue weighted by molar-refractivity contribution is 5.84. The maximum Gasteiger partial charge on any atom is 0.343 e. The first kappa shape index (κ1) is 18.9. The molecule has 2 aromatic carbocycles. The Labute approximate surface area is 168 Å². The van der Waals surface area contributed by atoms with Gasteiger partial charge in [0.05, 0.1) is 5.56 Å². The van der Waals surface area contributed by atoms with E-state index in [-0.39, 0.29) is 17.1 Å². The summed E-state index contributed by atoms with van der Waals surface area (Å²) in [7, 11) is 0. The molecule has 0 aliphatic rings.